The molecule has 3 heteroatoms. The molecule has 0 amide bonds. The third-order valence-electron chi connectivity index (χ3n) is 3.16. The molecule has 1 aromatic heterocycles. The van der Waals surface area contributed by atoms with Gasteiger partial charge < -0.3 is 10.2 Å². The van der Waals surface area contributed by atoms with Crippen LogP contribution in [-0.2, 0) is 6.42 Å². The molecule has 0 saturated heterocycles. The molecule has 1 aromatic rings. The van der Waals surface area contributed by atoms with E-state index in [0.717, 1.165) is 19.5 Å². The van der Waals surface area contributed by atoms with E-state index in [-0.39, 0.29) is 0 Å². The highest BCUT2D eigenvalue weighted by Gasteiger charge is 2.09. The highest BCUT2D eigenvalue weighted by atomic mass is 32.1. The van der Waals surface area contributed by atoms with Gasteiger partial charge in [0.2, 0.25) is 0 Å². The Morgan fingerprint density at radius 2 is 2.12 bits per heavy atom. The molecule has 0 fully saturated rings. The van der Waals surface area contributed by atoms with Crippen LogP contribution in [0.2, 0.25) is 0 Å². The fraction of sp³-hybridized carbons (Fsp3) is 0.692. The van der Waals surface area contributed by atoms with E-state index in [1.165, 1.54) is 18.5 Å². The van der Waals surface area contributed by atoms with E-state index in [4.69, 9.17) is 0 Å². The lowest BCUT2D eigenvalue weighted by atomic mass is 10.1. The molecule has 0 spiro atoms. The lowest BCUT2D eigenvalue weighted by Gasteiger charge is -2.22. The van der Waals surface area contributed by atoms with Gasteiger partial charge >= 0.3 is 0 Å². The molecule has 1 unspecified atom stereocenters. The van der Waals surface area contributed by atoms with Gasteiger partial charge in [-0.05, 0) is 61.9 Å². The zero-order valence-corrected chi connectivity index (χ0v) is 11.5. The molecule has 0 saturated carbocycles. The second kappa shape index (κ2) is 7.82. The first-order chi connectivity index (χ1) is 7.80. The highest BCUT2D eigenvalue weighted by Crippen LogP contribution is 2.10. The van der Waals surface area contributed by atoms with Crippen LogP contribution in [0.15, 0.2) is 16.8 Å². The van der Waals surface area contributed by atoms with Crippen molar-refractivity contribution in [3.05, 3.63) is 22.4 Å². The van der Waals surface area contributed by atoms with Gasteiger partial charge in [0.1, 0.15) is 0 Å². The first-order valence-electron chi connectivity index (χ1n) is 6.20. The summed E-state index contributed by atoms with van der Waals surface area (Å²) in [6.45, 7) is 7.98. The van der Waals surface area contributed by atoms with Gasteiger partial charge in [0, 0.05) is 6.04 Å². The number of nitrogens with one attached hydrogen (secondary N) is 1. The summed E-state index contributed by atoms with van der Waals surface area (Å²) in [6.07, 6.45) is 2.38. The molecule has 92 valence electrons. The fourth-order valence-electron chi connectivity index (χ4n) is 1.92. The lowest BCUT2D eigenvalue weighted by molar-refractivity contribution is 0.283. The van der Waals surface area contributed by atoms with Crippen LogP contribution in [0.25, 0.3) is 0 Å². The fourth-order valence-corrected chi connectivity index (χ4v) is 2.60. The first-order valence-corrected chi connectivity index (χ1v) is 7.15. The molecular weight excluding hydrogens is 216 g/mol. The van der Waals surface area contributed by atoms with Crippen molar-refractivity contribution < 1.29 is 0 Å². The van der Waals surface area contributed by atoms with Crippen molar-refractivity contribution in [3.8, 4) is 0 Å². The van der Waals surface area contributed by atoms with Crippen LogP contribution in [0.4, 0.5) is 0 Å². The van der Waals surface area contributed by atoms with Crippen molar-refractivity contribution in [1.29, 1.82) is 0 Å². The number of thiophene rings is 1. The van der Waals surface area contributed by atoms with Gasteiger partial charge in [-0.3, -0.25) is 0 Å². The second-order valence-electron chi connectivity index (χ2n) is 4.14. The van der Waals surface area contributed by atoms with Crippen molar-refractivity contribution in [2.24, 2.45) is 0 Å². The number of nitrogens with zero attached hydrogens (tertiary/aromatic N) is 1. The average molecular weight is 240 g/mol. The number of hydrogen-bond donors (Lipinski definition) is 1. The second-order valence-corrected chi connectivity index (χ2v) is 4.92. The Balaban J connectivity index is 2.31. The van der Waals surface area contributed by atoms with Gasteiger partial charge in [-0.2, -0.15) is 11.3 Å². The number of hydrogen-bond acceptors (Lipinski definition) is 3. The first kappa shape index (κ1) is 13.7. The minimum atomic E-state index is 0.607. The van der Waals surface area contributed by atoms with E-state index >= 15 is 0 Å². The molecule has 1 atom stereocenters. The number of likely N-dealkylation sites (N-methyl/N-ethyl adjacent to an activating group) is 1. The van der Waals surface area contributed by atoms with Gasteiger partial charge in [0.15, 0.2) is 0 Å². The Bertz CT molecular complexity index is 255. The Morgan fingerprint density at radius 3 is 2.62 bits per heavy atom. The van der Waals surface area contributed by atoms with Crippen LogP contribution in [0, 0.1) is 0 Å². The van der Waals surface area contributed by atoms with Crippen LogP contribution >= 0.6 is 11.3 Å². The van der Waals surface area contributed by atoms with E-state index in [0.29, 0.717) is 6.04 Å². The van der Waals surface area contributed by atoms with Gasteiger partial charge in [-0.1, -0.05) is 13.8 Å². The summed E-state index contributed by atoms with van der Waals surface area (Å²) in [4.78, 5) is 2.48. The third kappa shape index (κ3) is 4.64. The van der Waals surface area contributed by atoms with Gasteiger partial charge in [-0.25, -0.2) is 0 Å². The van der Waals surface area contributed by atoms with Crippen LogP contribution in [-0.4, -0.2) is 37.6 Å². The molecule has 0 aliphatic carbocycles. The van der Waals surface area contributed by atoms with Gasteiger partial charge in [-0.15, -0.1) is 0 Å². The van der Waals surface area contributed by atoms with Crippen molar-refractivity contribution in [3.63, 3.8) is 0 Å². The molecule has 16 heavy (non-hydrogen) atoms. The molecule has 2 nitrogen and oxygen atoms in total. The zero-order chi connectivity index (χ0) is 11.8. The summed E-state index contributed by atoms with van der Waals surface area (Å²) in [5, 5.41) is 7.83. The van der Waals surface area contributed by atoms with E-state index in [9.17, 15) is 0 Å². The topological polar surface area (TPSA) is 15.3 Å². The molecule has 1 rings (SSSR count). The Morgan fingerprint density at radius 1 is 1.38 bits per heavy atom. The summed E-state index contributed by atoms with van der Waals surface area (Å²) in [7, 11) is 2.07. The molecule has 0 aliphatic heterocycles. The zero-order valence-electron chi connectivity index (χ0n) is 10.7. The standard InChI is InChI=1S/C13H24N2S/c1-4-15(5-2)8-6-13(14-3)10-12-7-9-16-11-12/h7,9,11,13-14H,4-6,8,10H2,1-3H3. The van der Waals surface area contributed by atoms with Crippen molar-refractivity contribution in [2.45, 2.75) is 32.7 Å². The van der Waals surface area contributed by atoms with Crippen molar-refractivity contribution >= 4 is 11.3 Å². The van der Waals surface area contributed by atoms with E-state index < -0.39 is 0 Å². The maximum Gasteiger partial charge on any atom is 0.0117 e. The largest absolute Gasteiger partial charge is 0.317 e. The highest BCUT2D eigenvalue weighted by molar-refractivity contribution is 7.07. The quantitative estimate of drug-likeness (QED) is 0.751. The van der Waals surface area contributed by atoms with Crippen LogP contribution in [0.1, 0.15) is 25.8 Å². The molecule has 0 aliphatic rings. The van der Waals surface area contributed by atoms with E-state index in [1.807, 2.05) is 0 Å². The predicted molar refractivity (Wildman–Crippen MR) is 73.3 cm³/mol. The van der Waals surface area contributed by atoms with Gasteiger partial charge in [0.25, 0.3) is 0 Å². The third-order valence-corrected chi connectivity index (χ3v) is 3.89. The summed E-state index contributed by atoms with van der Waals surface area (Å²) < 4.78 is 0. The minimum Gasteiger partial charge on any atom is -0.317 e. The average Bonchev–Trinajstić information content (AvgIpc) is 2.81. The molecule has 0 bridgehead atoms. The number of rotatable bonds is 8. The smallest absolute Gasteiger partial charge is 0.0117 e. The predicted octanol–water partition coefficient (Wildman–Crippen LogP) is 2.61. The summed E-state index contributed by atoms with van der Waals surface area (Å²) >= 11 is 1.79. The van der Waals surface area contributed by atoms with Crippen molar-refractivity contribution in [1.82, 2.24) is 10.2 Å². The summed E-state index contributed by atoms with van der Waals surface area (Å²) in [5.74, 6) is 0. The van der Waals surface area contributed by atoms with Crippen LogP contribution in [0.3, 0.4) is 0 Å². The molecule has 1 N–H and O–H groups in total. The van der Waals surface area contributed by atoms with E-state index in [2.05, 4.69) is 47.9 Å². The minimum absolute atomic E-state index is 0.607. The molecule has 0 radical (unpaired) electrons. The molecule has 0 aromatic carbocycles. The van der Waals surface area contributed by atoms with Crippen molar-refractivity contribution in [2.75, 3.05) is 26.7 Å². The Hall–Kier alpha value is -0.380. The van der Waals surface area contributed by atoms with E-state index in [1.54, 1.807) is 11.3 Å². The summed E-state index contributed by atoms with van der Waals surface area (Å²) in [6, 6.07) is 2.84. The monoisotopic (exact) mass is 240 g/mol. The normalized spacial score (nSPS) is 13.2. The van der Waals surface area contributed by atoms with Crippen LogP contribution in [0.5, 0.6) is 0 Å². The van der Waals surface area contributed by atoms with Gasteiger partial charge in [0.05, 0.1) is 0 Å². The Kier molecular flexibility index (Phi) is 6.69. The molecular formula is C13H24N2S. The SMILES string of the molecule is CCN(CC)CCC(Cc1ccsc1)NC. The Labute approximate surface area is 104 Å². The maximum absolute atomic E-state index is 3.42. The maximum atomic E-state index is 3.42. The van der Waals surface area contributed by atoms with Crippen LogP contribution < -0.4 is 5.32 Å². The molecule has 1 heterocycles. The lowest BCUT2D eigenvalue weighted by Crippen LogP contribution is -2.33. The summed E-state index contributed by atoms with van der Waals surface area (Å²) in [5.41, 5.74) is 1.46.